The van der Waals surface area contributed by atoms with Gasteiger partial charge in [-0.05, 0) is 36.4 Å². The van der Waals surface area contributed by atoms with Crippen LogP contribution in [0.25, 0.3) is 0 Å². The molecule has 0 spiro atoms. The van der Waals surface area contributed by atoms with E-state index in [2.05, 4.69) is 21.2 Å². The van der Waals surface area contributed by atoms with Gasteiger partial charge in [0.2, 0.25) is 0 Å². The largest absolute Gasteiger partial charge is 0.397 e. The zero-order chi connectivity index (χ0) is 12.4. The zero-order valence-electron chi connectivity index (χ0n) is 8.68. The molecular formula is C12H9BrClFN2. The SMILES string of the molecule is Nc1ccc(Cl)cc1Nc1cc(Br)ccc1F. The highest BCUT2D eigenvalue weighted by molar-refractivity contribution is 9.10. The van der Waals surface area contributed by atoms with Crippen LogP contribution < -0.4 is 11.1 Å². The van der Waals surface area contributed by atoms with Crippen molar-refractivity contribution in [2.45, 2.75) is 0 Å². The van der Waals surface area contributed by atoms with Gasteiger partial charge in [0.25, 0.3) is 0 Å². The lowest BCUT2D eigenvalue weighted by atomic mass is 10.2. The zero-order valence-corrected chi connectivity index (χ0v) is 11.0. The minimum atomic E-state index is -0.354. The number of nitrogens with one attached hydrogen (secondary N) is 1. The van der Waals surface area contributed by atoms with Crippen LogP contribution in [0.2, 0.25) is 5.02 Å². The summed E-state index contributed by atoms with van der Waals surface area (Å²) >= 11 is 9.13. The molecule has 0 saturated heterocycles. The van der Waals surface area contributed by atoms with E-state index >= 15 is 0 Å². The number of hydrogen-bond donors (Lipinski definition) is 2. The van der Waals surface area contributed by atoms with E-state index in [1.165, 1.54) is 6.07 Å². The Kier molecular flexibility index (Phi) is 3.54. The van der Waals surface area contributed by atoms with Crippen LogP contribution >= 0.6 is 27.5 Å². The predicted octanol–water partition coefficient (Wildman–Crippen LogP) is 4.57. The molecule has 2 aromatic rings. The molecule has 0 fully saturated rings. The van der Waals surface area contributed by atoms with E-state index in [1.54, 1.807) is 30.3 Å². The van der Waals surface area contributed by atoms with Crippen molar-refractivity contribution in [2.24, 2.45) is 0 Å². The maximum absolute atomic E-state index is 13.5. The molecule has 2 nitrogen and oxygen atoms in total. The highest BCUT2D eigenvalue weighted by atomic mass is 79.9. The minimum Gasteiger partial charge on any atom is -0.397 e. The van der Waals surface area contributed by atoms with Crippen LogP contribution in [0.4, 0.5) is 21.5 Å². The molecule has 3 N–H and O–H groups in total. The van der Waals surface area contributed by atoms with Gasteiger partial charge in [-0.2, -0.15) is 0 Å². The third kappa shape index (κ3) is 2.90. The molecule has 0 aliphatic carbocycles. The molecule has 0 bridgehead atoms. The molecule has 17 heavy (non-hydrogen) atoms. The molecule has 0 aliphatic rings. The van der Waals surface area contributed by atoms with Crippen LogP contribution in [0.3, 0.4) is 0 Å². The average molecular weight is 316 g/mol. The Morgan fingerprint density at radius 2 is 1.88 bits per heavy atom. The number of nitrogen functional groups attached to an aromatic ring is 1. The second-order valence-corrected chi connectivity index (χ2v) is 4.83. The first kappa shape index (κ1) is 12.2. The topological polar surface area (TPSA) is 38.0 Å². The minimum absolute atomic E-state index is 0.341. The van der Waals surface area contributed by atoms with Crippen LogP contribution in [0.5, 0.6) is 0 Å². The number of nitrogens with two attached hydrogens (primary N) is 1. The number of halogens is 3. The Morgan fingerprint density at radius 1 is 1.12 bits per heavy atom. The lowest BCUT2D eigenvalue weighted by Gasteiger charge is -2.10. The van der Waals surface area contributed by atoms with Gasteiger partial charge in [0.05, 0.1) is 17.1 Å². The Morgan fingerprint density at radius 3 is 2.65 bits per heavy atom. The summed E-state index contributed by atoms with van der Waals surface area (Å²) in [5, 5.41) is 3.45. The van der Waals surface area contributed by atoms with Gasteiger partial charge in [0, 0.05) is 9.50 Å². The Bertz CT molecular complexity index is 511. The lowest BCUT2D eigenvalue weighted by molar-refractivity contribution is 0.631. The van der Waals surface area contributed by atoms with Crippen molar-refractivity contribution >= 4 is 44.6 Å². The molecule has 0 saturated carbocycles. The van der Waals surface area contributed by atoms with Gasteiger partial charge in [-0.3, -0.25) is 0 Å². The predicted molar refractivity (Wildman–Crippen MR) is 73.2 cm³/mol. The summed E-state index contributed by atoms with van der Waals surface area (Å²) < 4.78 is 14.3. The molecule has 2 aromatic carbocycles. The second-order valence-electron chi connectivity index (χ2n) is 3.48. The fraction of sp³-hybridized carbons (Fsp3) is 0. The molecule has 2 rings (SSSR count). The van der Waals surface area contributed by atoms with Gasteiger partial charge < -0.3 is 11.1 Å². The van der Waals surface area contributed by atoms with E-state index in [0.29, 0.717) is 22.1 Å². The molecule has 5 heteroatoms. The summed E-state index contributed by atoms with van der Waals surface area (Å²) in [6.45, 7) is 0. The third-order valence-electron chi connectivity index (χ3n) is 2.21. The van der Waals surface area contributed by atoms with Crippen LogP contribution in [-0.4, -0.2) is 0 Å². The van der Waals surface area contributed by atoms with Gasteiger partial charge in [0.15, 0.2) is 0 Å². The molecule has 88 valence electrons. The average Bonchev–Trinajstić information content (AvgIpc) is 2.28. The van der Waals surface area contributed by atoms with Gasteiger partial charge >= 0.3 is 0 Å². The van der Waals surface area contributed by atoms with Gasteiger partial charge in [-0.1, -0.05) is 27.5 Å². The highest BCUT2D eigenvalue weighted by Crippen LogP contribution is 2.29. The van der Waals surface area contributed by atoms with Crippen LogP contribution in [0, 0.1) is 5.82 Å². The first-order valence-corrected chi connectivity index (χ1v) is 6.00. The van der Waals surface area contributed by atoms with Crippen molar-refractivity contribution in [1.82, 2.24) is 0 Å². The molecule has 0 unspecified atom stereocenters. The first-order valence-electron chi connectivity index (χ1n) is 4.83. The normalized spacial score (nSPS) is 10.3. The monoisotopic (exact) mass is 314 g/mol. The maximum atomic E-state index is 13.5. The maximum Gasteiger partial charge on any atom is 0.146 e. The quantitative estimate of drug-likeness (QED) is 0.797. The van der Waals surface area contributed by atoms with Crippen LogP contribution in [-0.2, 0) is 0 Å². The second kappa shape index (κ2) is 4.94. The fourth-order valence-electron chi connectivity index (χ4n) is 1.38. The molecule has 0 heterocycles. The number of anilines is 3. The van der Waals surface area contributed by atoms with Crippen molar-refractivity contribution in [3.05, 3.63) is 51.7 Å². The number of rotatable bonds is 2. The van der Waals surface area contributed by atoms with E-state index in [9.17, 15) is 4.39 Å². The van der Waals surface area contributed by atoms with Crippen LogP contribution in [0.15, 0.2) is 40.9 Å². The fourth-order valence-corrected chi connectivity index (χ4v) is 1.91. The molecule has 0 radical (unpaired) electrons. The summed E-state index contributed by atoms with van der Waals surface area (Å²) in [5.74, 6) is -0.354. The van der Waals surface area contributed by atoms with Crippen LogP contribution in [0.1, 0.15) is 0 Å². The summed E-state index contributed by atoms with van der Waals surface area (Å²) in [6.07, 6.45) is 0. The summed E-state index contributed by atoms with van der Waals surface area (Å²) in [6, 6.07) is 9.63. The standard InChI is InChI=1S/C12H9BrClFN2/c13-7-1-3-9(15)11(5-7)17-12-6-8(14)2-4-10(12)16/h1-6,17H,16H2. The summed E-state index contributed by atoms with van der Waals surface area (Å²) in [4.78, 5) is 0. The highest BCUT2D eigenvalue weighted by Gasteiger charge is 2.06. The van der Waals surface area contributed by atoms with E-state index in [0.717, 1.165) is 4.47 Å². The van der Waals surface area contributed by atoms with Gasteiger partial charge in [-0.25, -0.2) is 4.39 Å². The number of hydrogen-bond acceptors (Lipinski definition) is 2. The Balaban J connectivity index is 2.37. The number of benzene rings is 2. The van der Waals surface area contributed by atoms with Gasteiger partial charge in [0.1, 0.15) is 5.82 Å². The molecule has 0 aromatic heterocycles. The molecule has 0 amide bonds. The van der Waals surface area contributed by atoms with Crippen molar-refractivity contribution in [2.75, 3.05) is 11.1 Å². The van der Waals surface area contributed by atoms with E-state index < -0.39 is 0 Å². The third-order valence-corrected chi connectivity index (χ3v) is 2.94. The van der Waals surface area contributed by atoms with Crippen molar-refractivity contribution in [3.63, 3.8) is 0 Å². The smallest absolute Gasteiger partial charge is 0.146 e. The lowest BCUT2D eigenvalue weighted by Crippen LogP contribution is -1.98. The summed E-state index contributed by atoms with van der Waals surface area (Å²) in [7, 11) is 0. The van der Waals surface area contributed by atoms with Gasteiger partial charge in [-0.15, -0.1) is 0 Å². The van der Waals surface area contributed by atoms with Crippen molar-refractivity contribution in [3.8, 4) is 0 Å². The van der Waals surface area contributed by atoms with Crippen molar-refractivity contribution in [1.29, 1.82) is 0 Å². The first-order chi connectivity index (χ1) is 8.06. The Labute approximate surface area is 112 Å². The Hall–Kier alpha value is -1.26. The van der Waals surface area contributed by atoms with E-state index in [1.807, 2.05) is 0 Å². The van der Waals surface area contributed by atoms with E-state index in [4.69, 9.17) is 17.3 Å². The molecule has 0 aliphatic heterocycles. The summed E-state index contributed by atoms with van der Waals surface area (Å²) in [5.41, 5.74) is 7.20. The van der Waals surface area contributed by atoms with E-state index in [-0.39, 0.29) is 5.82 Å². The van der Waals surface area contributed by atoms with Crippen molar-refractivity contribution < 1.29 is 4.39 Å². The molecule has 0 atom stereocenters. The molecular weight excluding hydrogens is 307 g/mol.